The molecule has 1 aliphatic rings. The second-order valence-corrected chi connectivity index (χ2v) is 22.3. The summed E-state index contributed by atoms with van der Waals surface area (Å²) in [4.78, 5) is 0. The van der Waals surface area contributed by atoms with E-state index in [4.69, 9.17) is 16.8 Å². The van der Waals surface area contributed by atoms with Crippen LogP contribution in [0.25, 0.3) is 0 Å². The maximum atomic E-state index is 6.45. The Balaban J connectivity index is 2.62. The lowest BCUT2D eigenvalue weighted by Crippen LogP contribution is -2.46. The van der Waals surface area contributed by atoms with Crippen molar-refractivity contribution in [1.82, 2.24) is 0 Å². The van der Waals surface area contributed by atoms with Crippen LogP contribution in [0.1, 0.15) is 32.6 Å². The normalized spacial score (nSPS) is 21.7. The van der Waals surface area contributed by atoms with E-state index in [9.17, 15) is 0 Å². The van der Waals surface area contributed by atoms with Crippen molar-refractivity contribution < 1.29 is 16.8 Å². The van der Waals surface area contributed by atoms with Crippen molar-refractivity contribution in [3.8, 4) is 0 Å². The molecule has 0 N–H and O–H groups in total. The van der Waals surface area contributed by atoms with Gasteiger partial charge in [0, 0.05) is 6.61 Å². The molecule has 0 saturated carbocycles. The molecular weight excluding hydrogens is 369 g/mol. The van der Waals surface area contributed by atoms with Crippen LogP contribution in [-0.2, 0) is 16.8 Å². The number of allylic oxidation sites excluding steroid dienone is 2. The van der Waals surface area contributed by atoms with Crippen molar-refractivity contribution in [2.75, 3.05) is 6.61 Å². The molecule has 1 rings (SSSR count). The molecule has 142 valence electrons. The summed E-state index contributed by atoms with van der Waals surface area (Å²) < 4.78 is 24.9. The molecule has 0 aliphatic heterocycles. The quantitative estimate of drug-likeness (QED) is 0.376. The molecule has 0 heterocycles. The zero-order valence-corrected chi connectivity index (χ0v) is 21.1. The van der Waals surface area contributed by atoms with Gasteiger partial charge in [0.25, 0.3) is 0 Å². The van der Waals surface area contributed by atoms with Crippen LogP contribution < -0.4 is 0 Å². The summed E-state index contributed by atoms with van der Waals surface area (Å²) in [6.07, 6.45) is 9.60. The number of rotatable bonds is 11. The Morgan fingerprint density at radius 2 is 1.67 bits per heavy atom. The summed E-state index contributed by atoms with van der Waals surface area (Å²) in [5, 5.41) is 0. The highest BCUT2D eigenvalue weighted by Crippen LogP contribution is 2.25. The van der Waals surface area contributed by atoms with Gasteiger partial charge in [0.2, 0.25) is 0 Å². The first-order valence-corrected chi connectivity index (χ1v) is 19.4. The molecule has 0 fully saturated rings. The molecule has 1 aliphatic carbocycles. The predicted molar refractivity (Wildman–Crippen MR) is 112 cm³/mol. The third-order valence-corrected chi connectivity index (χ3v) is 14.7. The Morgan fingerprint density at radius 1 is 1.00 bits per heavy atom. The van der Waals surface area contributed by atoms with Gasteiger partial charge in [-0.1, -0.05) is 12.2 Å². The van der Waals surface area contributed by atoms with Crippen LogP contribution in [0.5, 0.6) is 0 Å². The number of hydrogen-bond acceptors (Lipinski definition) is 4. The molecule has 0 bridgehead atoms. The summed E-state index contributed by atoms with van der Waals surface area (Å²) in [6, 6.07) is 1.08. The van der Waals surface area contributed by atoms with Gasteiger partial charge in [-0.25, -0.2) is 0 Å². The van der Waals surface area contributed by atoms with E-state index in [1.54, 1.807) is 0 Å². The molecule has 3 unspecified atom stereocenters. The first-order valence-electron chi connectivity index (χ1n) is 9.37. The third-order valence-electron chi connectivity index (χ3n) is 3.69. The zero-order valence-electron chi connectivity index (χ0n) is 16.8. The second-order valence-electron chi connectivity index (χ2n) is 8.50. The highest BCUT2D eigenvalue weighted by Gasteiger charge is 2.32. The van der Waals surface area contributed by atoms with Crippen molar-refractivity contribution in [2.45, 2.75) is 77.9 Å². The second kappa shape index (κ2) is 10.6. The van der Waals surface area contributed by atoms with Crippen molar-refractivity contribution in [2.24, 2.45) is 5.92 Å². The minimum absolute atomic E-state index is 0.656. The standard InChI is InChI=1S/C16H38O4Si4/c1-8-17-22(20-24(5,6)7)18-21(19-23(2,3)4)15-14-16-12-10-9-11-13-16/h9-10,16,21-22H,8,11-15H2,1-7H3. The van der Waals surface area contributed by atoms with Crippen LogP contribution in [0.4, 0.5) is 0 Å². The molecule has 0 aromatic carbocycles. The Hall–Kier alpha value is 0.448. The molecule has 0 aromatic rings. The summed E-state index contributed by atoms with van der Waals surface area (Å²) in [5.74, 6) is 0.795. The van der Waals surface area contributed by atoms with Gasteiger partial charge in [-0.05, 0) is 83.9 Å². The number of hydrogen-bond donors (Lipinski definition) is 0. The van der Waals surface area contributed by atoms with Crippen LogP contribution in [0.2, 0.25) is 45.3 Å². The molecule has 0 amide bonds. The molecule has 24 heavy (non-hydrogen) atoms. The molecular formula is C16H38O4Si4. The summed E-state index contributed by atoms with van der Waals surface area (Å²) in [7, 11) is -7.08. The highest BCUT2D eigenvalue weighted by atomic mass is 28.5. The van der Waals surface area contributed by atoms with E-state index in [2.05, 4.69) is 51.4 Å². The smallest absolute Gasteiger partial charge is 0.439 e. The molecule has 0 radical (unpaired) electrons. The van der Waals surface area contributed by atoms with E-state index in [0.717, 1.165) is 12.0 Å². The van der Waals surface area contributed by atoms with E-state index in [0.29, 0.717) is 6.61 Å². The Kier molecular flexibility index (Phi) is 9.90. The van der Waals surface area contributed by atoms with Crippen LogP contribution >= 0.6 is 0 Å². The molecule has 3 atom stereocenters. The average Bonchev–Trinajstić information content (AvgIpc) is 2.43. The van der Waals surface area contributed by atoms with E-state index in [1.165, 1.54) is 25.7 Å². The Morgan fingerprint density at radius 3 is 2.17 bits per heavy atom. The van der Waals surface area contributed by atoms with Gasteiger partial charge in [0.15, 0.2) is 16.6 Å². The SMILES string of the molecule is CCO[SiH](O[SiH](CCC1CC=CCC1)O[Si](C)(C)C)O[Si](C)(C)C. The Bertz CT molecular complexity index is 379. The van der Waals surface area contributed by atoms with E-state index >= 15 is 0 Å². The fraction of sp³-hybridized carbons (Fsp3) is 0.875. The van der Waals surface area contributed by atoms with Gasteiger partial charge in [0.1, 0.15) is 0 Å². The van der Waals surface area contributed by atoms with Crippen LogP contribution in [0, 0.1) is 5.92 Å². The van der Waals surface area contributed by atoms with Crippen molar-refractivity contribution in [3.05, 3.63) is 12.2 Å². The van der Waals surface area contributed by atoms with E-state index < -0.39 is 35.4 Å². The summed E-state index contributed by atoms with van der Waals surface area (Å²) >= 11 is 0. The van der Waals surface area contributed by atoms with Gasteiger partial charge in [-0.2, -0.15) is 0 Å². The molecule has 4 nitrogen and oxygen atoms in total. The van der Waals surface area contributed by atoms with Gasteiger partial charge < -0.3 is 16.8 Å². The largest absolute Gasteiger partial charge is 0.464 e. The molecule has 0 saturated heterocycles. The van der Waals surface area contributed by atoms with Crippen LogP contribution in [0.3, 0.4) is 0 Å². The maximum Gasteiger partial charge on any atom is 0.464 e. The van der Waals surface area contributed by atoms with Crippen molar-refractivity contribution in [1.29, 1.82) is 0 Å². The lowest BCUT2D eigenvalue weighted by atomic mass is 9.92. The molecule has 8 heteroatoms. The minimum atomic E-state index is -2.07. The van der Waals surface area contributed by atoms with Gasteiger partial charge in [-0.3, -0.25) is 0 Å². The van der Waals surface area contributed by atoms with Crippen molar-refractivity contribution >= 4 is 35.4 Å². The third kappa shape index (κ3) is 11.1. The first kappa shape index (κ1) is 22.5. The summed E-state index contributed by atoms with van der Waals surface area (Å²) in [6.45, 7) is 16.0. The van der Waals surface area contributed by atoms with Gasteiger partial charge in [0.05, 0.1) is 0 Å². The maximum absolute atomic E-state index is 6.45. The monoisotopic (exact) mass is 406 g/mol. The topological polar surface area (TPSA) is 36.9 Å². The lowest BCUT2D eigenvalue weighted by molar-refractivity contribution is 0.197. The zero-order chi connectivity index (χ0) is 18.2. The van der Waals surface area contributed by atoms with Gasteiger partial charge >= 0.3 is 18.8 Å². The fourth-order valence-corrected chi connectivity index (χ4v) is 13.2. The van der Waals surface area contributed by atoms with Crippen molar-refractivity contribution in [3.63, 3.8) is 0 Å². The minimum Gasteiger partial charge on any atom is -0.439 e. The van der Waals surface area contributed by atoms with E-state index in [-0.39, 0.29) is 0 Å². The summed E-state index contributed by atoms with van der Waals surface area (Å²) in [5.41, 5.74) is 0. The Labute approximate surface area is 155 Å². The molecule has 0 spiro atoms. The first-order chi connectivity index (χ1) is 11.1. The highest BCUT2D eigenvalue weighted by molar-refractivity contribution is 6.79. The lowest BCUT2D eigenvalue weighted by Gasteiger charge is -2.31. The average molecular weight is 407 g/mol. The van der Waals surface area contributed by atoms with Gasteiger partial charge in [-0.15, -0.1) is 0 Å². The van der Waals surface area contributed by atoms with Crippen LogP contribution in [-0.4, -0.2) is 42.1 Å². The fourth-order valence-electron chi connectivity index (χ4n) is 2.69. The van der Waals surface area contributed by atoms with Crippen LogP contribution in [0.15, 0.2) is 12.2 Å². The predicted octanol–water partition coefficient (Wildman–Crippen LogP) is 4.43. The van der Waals surface area contributed by atoms with E-state index in [1.807, 2.05) is 6.92 Å². The molecule has 0 aromatic heterocycles.